The number of ether oxygens (including phenoxy) is 2. The molecule has 0 N–H and O–H groups in total. The van der Waals surface area contributed by atoms with Gasteiger partial charge in [0.15, 0.2) is 0 Å². The third-order valence-corrected chi connectivity index (χ3v) is 4.44. The number of hydrogen-bond acceptors (Lipinski definition) is 3. The molecular weight excluding hydrogens is 323 g/mol. The van der Waals surface area contributed by atoms with Crippen molar-refractivity contribution < 1.29 is 9.47 Å². The van der Waals surface area contributed by atoms with Crippen LogP contribution in [-0.4, -0.2) is 22.8 Å². The van der Waals surface area contributed by atoms with E-state index >= 15 is 0 Å². The topological polar surface area (TPSA) is 36.3 Å². The van der Waals surface area contributed by atoms with Crippen LogP contribution in [-0.2, 0) is 21.8 Å². The average molecular weight is 334 g/mol. The Morgan fingerprint density at radius 2 is 1.90 bits per heavy atom. The van der Waals surface area contributed by atoms with Gasteiger partial charge in [0.2, 0.25) is 5.79 Å². The van der Waals surface area contributed by atoms with Gasteiger partial charge in [0, 0.05) is 18.0 Å². The van der Waals surface area contributed by atoms with Crippen LogP contribution in [0.5, 0.6) is 0 Å². The molecule has 106 valence electrons. The van der Waals surface area contributed by atoms with E-state index in [1.54, 1.807) is 24.7 Å². The van der Waals surface area contributed by atoms with Gasteiger partial charge in [-0.05, 0) is 6.07 Å². The summed E-state index contributed by atoms with van der Waals surface area (Å²) >= 11 is 18.4. The highest BCUT2D eigenvalue weighted by atomic mass is 35.5. The predicted molar refractivity (Wildman–Crippen MR) is 77.3 cm³/mol. The van der Waals surface area contributed by atoms with E-state index in [-0.39, 0.29) is 0 Å². The van der Waals surface area contributed by atoms with Crippen LogP contribution in [0.15, 0.2) is 30.9 Å². The molecule has 2 heterocycles. The van der Waals surface area contributed by atoms with Crippen LogP contribution in [0.2, 0.25) is 15.1 Å². The van der Waals surface area contributed by atoms with Crippen molar-refractivity contribution in [3.8, 4) is 0 Å². The van der Waals surface area contributed by atoms with Gasteiger partial charge in [-0.1, -0.05) is 40.9 Å². The van der Waals surface area contributed by atoms with E-state index < -0.39 is 5.79 Å². The molecular formula is C13H11Cl3N2O2. The first-order chi connectivity index (χ1) is 9.62. The van der Waals surface area contributed by atoms with Crippen molar-refractivity contribution in [2.75, 3.05) is 13.2 Å². The van der Waals surface area contributed by atoms with E-state index in [2.05, 4.69) is 4.98 Å². The largest absolute Gasteiger partial charge is 0.342 e. The SMILES string of the molecule is Clc1ccc(C2(Cn3ccnc3)OCCO2)c(Cl)c1Cl. The normalized spacial score (nSPS) is 17.6. The molecule has 2 aromatic rings. The lowest BCUT2D eigenvalue weighted by Gasteiger charge is -2.29. The van der Waals surface area contributed by atoms with Crippen LogP contribution in [0.1, 0.15) is 5.56 Å². The van der Waals surface area contributed by atoms with Crippen molar-refractivity contribution in [1.82, 2.24) is 9.55 Å². The maximum absolute atomic E-state index is 6.31. The zero-order valence-corrected chi connectivity index (χ0v) is 12.6. The molecule has 20 heavy (non-hydrogen) atoms. The number of hydrogen-bond donors (Lipinski definition) is 0. The first-order valence-electron chi connectivity index (χ1n) is 6.00. The Kier molecular flexibility index (Phi) is 3.93. The monoisotopic (exact) mass is 332 g/mol. The maximum atomic E-state index is 6.31. The fourth-order valence-electron chi connectivity index (χ4n) is 2.23. The third kappa shape index (κ3) is 2.43. The summed E-state index contributed by atoms with van der Waals surface area (Å²) < 4.78 is 13.5. The number of benzene rings is 1. The smallest absolute Gasteiger partial charge is 0.215 e. The minimum Gasteiger partial charge on any atom is -0.342 e. The Hall–Kier alpha value is -0.780. The van der Waals surface area contributed by atoms with Gasteiger partial charge in [-0.2, -0.15) is 0 Å². The first kappa shape index (κ1) is 14.2. The molecule has 1 aliphatic heterocycles. The van der Waals surface area contributed by atoms with E-state index in [9.17, 15) is 0 Å². The zero-order valence-electron chi connectivity index (χ0n) is 10.4. The lowest BCUT2D eigenvalue weighted by Crippen LogP contribution is -2.33. The minimum atomic E-state index is -0.966. The third-order valence-electron chi connectivity index (χ3n) is 3.15. The Balaban J connectivity index is 2.05. The van der Waals surface area contributed by atoms with Gasteiger partial charge in [0.1, 0.15) is 0 Å². The molecule has 4 nitrogen and oxygen atoms in total. The van der Waals surface area contributed by atoms with Gasteiger partial charge in [-0.15, -0.1) is 0 Å². The van der Waals surface area contributed by atoms with Gasteiger partial charge in [0.05, 0.1) is 41.2 Å². The Morgan fingerprint density at radius 1 is 1.15 bits per heavy atom. The second-order valence-corrected chi connectivity index (χ2v) is 5.57. The molecule has 7 heteroatoms. The highest BCUT2D eigenvalue weighted by Crippen LogP contribution is 2.42. The molecule has 0 aliphatic carbocycles. The second kappa shape index (κ2) is 5.54. The van der Waals surface area contributed by atoms with E-state index in [1.807, 2.05) is 10.8 Å². The minimum absolute atomic E-state index is 0.301. The Bertz CT molecular complexity index is 610. The highest BCUT2D eigenvalue weighted by molar-refractivity contribution is 6.48. The molecule has 0 spiro atoms. The fourth-order valence-corrected chi connectivity index (χ4v) is 2.91. The number of nitrogens with zero attached hydrogens (tertiary/aromatic N) is 2. The molecule has 0 bridgehead atoms. The van der Waals surface area contributed by atoms with Crippen LogP contribution < -0.4 is 0 Å². The second-order valence-electron chi connectivity index (χ2n) is 4.41. The quantitative estimate of drug-likeness (QED) is 0.803. The Labute approximate surface area is 131 Å². The summed E-state index contributed by atoms with van der Waals surface area (Å²) in [7, 11) is 0. The van der Waals surface area contributed by atoms with Crippen LogP contribution in [0.25, 0.3) is 0 Å². The molecule has 1 saturated heterocycles. The molecule has 1 aromatic heterocycles. The Morgan fingerprint density at radius 3 is 2.55 bits per heavy atom. The number of aromatic nitrogens is 2. The van der Waals surface area contributed by atoms with Crippen LogP contribution in [0.3, 0.4) is 0 Å². The van der Waals surface area contributed by atoms with Crippen molar-refractivity contribution in [1.29, 1.82) is 0 Å². The van der Waals surface area contributed by atoms with E-state index in [0.717, 1.165) is 0 Å². The van der Waals surface area contributed by atoms with Crippen LogP contribution >= 0.6 is 34.8 Å². The van der Waals surface area contributed by atoms with Gasteiger partial charge < -0.3 is 14.0 Å². The maximum Gasteiger partial charge on any atom is 0.215 e. The first-order valence-corrected chi connectivity index (χ1v) is 7.13. The van der Waals surface area contributed by atoms with E-state index in [0.29, 0.717) is 40.4 Å². The summed E-state index contributed by atoms with van der Waals surface area (Å²) in [5, 5.41) is 1.05. The zero-order chi connectivity index (χ0) is 14.2. The van der Waals surface area contributed by atoms with Crippen molar-refractivity contribution >= 4 is 34.8 Å². The molecule has 0 atom stereocenters. The summed E-state index contributed by atoms with van der Waals surface area (Å²) in [6.07, 6.45) is 5.22. The summed E-state index contributed by atoms with van der Waals surface area (Å²) in [6, 6.07) is 3.46. The van der Waals surface area contributed by atoms with Crippen molar-refractivity contribution in [3.05, 3.63) is 51.5 Å². The molecule has 0 saturated carbocycles. The van der Waals surface area contributed by atoms with Gasteiger partial charge >= 0.3 is 0 Å². The molecule has 0 radical (unpaired) electrons. The summed E-state index contributed by atoms with van der Waals surface area (Å²) in [5.41, 5.74) is 0.666. The summed E-state index contributed by atoms with van der Waals surface area (Å²) in [6.45, 7) is 1.42. The predicted octanol–water partition coefficient (Wildman–Crippen LogP) is 3.74. The molecule has 1 aromatic carbocycles. The molecule has 0 amide bonds. The molecule has 1 fully saturated rings. The lowest BCUT2D eigenvalue weighted by molar-refractivity contribution is -0.176. The highest BCUT2D eigenvalue weighted by Gasteiger charge is 2.41. The van der Waals surface area contributed by atoms with Gasteiger partial charge in [-0.3, -0.25) is 0 Å². The number of rotatable bonds is 3. The van der Waals surface area contributed by atoms with Gasteiger partial charge in [0.25, 0.3) is 0 Å². The van der Waals surface area contributed by atoms with Crippen molar-refractivity contribution in [3.63, 3.8) is 0 Å². The van der Waals surface area contributed by atoms with Gasteiger partial charge in [-0.25, -0.2) is 4.98 Å². The standard InChI is InChI=1S/C13H11Cl3N2O2/c14-10-2-1-9(11(15)12(10)16)13(19-5-6-20-13)7-18-4-3-17-8-18/h1-4,8H,5-7H2. The average Bonchev–Trinajstić information content (AvgIpc) is 3.09. The number of halogens is 3. The van der Waals surface area contributed by atoms with E-state index in [4.69, 9.17) is 44.3 Å². The molecule has 1 aliphatic rings. The molecule has 3 rings (SSSR count). The lowest BCUT2D eigenvalue weighted by atomic mass is 10.1. The van der Waals surface area contributed by atoms with Crippen LogP contribution in [0.4, 0.5) is 0 Å². The van der Waals surface area contributed by atoms with Crippen LogP contribution in [0, 0.1) is 0 Å². The van der Waals surface area contributed by atoms with Crippen molar-refractivity contribution in [2.45, 2.75) is 12.3 Å². The van der Waals surface area contributed by atoms with Crippen molar-refractivity contribution in [2.24, 2.45) is 0 Å². The summed E-state index contributed by atoms with van der Waals surface area (Å²) in [5.74, 6) is -0.966. The number of imidazole rings is 1. The van der Waals surface area contributed by atoms with E-state index in [1.165, 1.54) is 0 Å². The fraction of sp³-hybridized carbons (Fsp3) is 0.308. The summed E-state index contributed by atoms with van der Waals surface area (Å²) in [4.78, 5) is 4.01. The molecule has 0 unspecified atom stereocenters.